The predicted molar refractivity (Wildman–Crippen MR) is 107 cm³/mol. The van der Waals surface area contributed by atoms with Gasteiger partial charge in [0.15, 0.2) is 0 Å². The molecule has 0 radical (unpaired) electrons. The number of benzene rings is 1. The average molecular weight is 381 g/mol. The summed E-state index contributed by atoms with van der Waals surface area (Å²) in [4.78, 5) is 19.0. The van der Waals surface area contributed by atoms with Crippen molar-refractivity contribution in [1.29, 1.82) is 0 Å². The highest BCUT2D eigenvalue weighted by Gasteiger charge is 2.34. The lowest BCUT2D eigenvalue weighted by Gasteiger charge is -2.37. The highest BCUT2D eigenvalue weighted by Crippen LogP contribution is 2.43. The molecule has 0 saturated heterocycles. The average Bonchev–Trinajstić information content (AvgIpc) is 3.09. The van der Waals surface area contributed by atoms with Gasteiger partial charge in [-0.15, -0.1) is 0 Å². The van der Waals surface area contributed by atoms with E-state index >= 15 is 0 Å². The summed E-state index contributed by atoms with van der Waals surface area (Å²) in [6.45, 7) is 0.544. The number of pyridine rings is 1. The standard InChI is InChI=1S/C22H24N2O2S/c25-22(14-18-12-20(13-18)19-4-2-1-3-5-19)24(21-8-11-27(26)16-21)15-17-6-9-23-10-7-17/h1-11,18,20-21H,12-16H2. The number of hydrogen-bond donors (Lipinski definition) is 0. The van der Waals surface area contributed by atoms with Gasteiger partial charge in [0.1, 0.15) is 0 Å². The molecule has 0 bridgehead atoms. The fraction of sp³-hybridized carbons (Fsp3) is 0.364. The summed E-state index contributed by atoms with van der Waals surface area (Å²) in [6.07, 6.45) is 8.14. The van der Waals surface area contributed by atoms with Crippen molar-refractivity contribution in [3.05, 3.63) is 77.5 Å². The topological polar surface area (TPSA) is 50.3 Å². The Labute approximate surface area is 162 Å². The minimum atomic E-state index is -0.966. The maximum Gasteiger partial charge on any atom is 0.223 e. The molecule has 2 unspecified atom stereocenters. The molecule has 27 heavy (non-hydrogen) atoms. The third-order valence-electron chi connectivity index (χ3n) is 5.58. The van der Waals surface area contributed by atoms with E-state index < -0.39 is 10.8 Å². The van der Waals surface area contributed by atoms with Crippen molar-refractivity contribution in [2.24, 2.45) is 5.92 Å². The summed E-state index contributed by atoms with van der Waals surface area (Å²) in [5.74, 6) is 1.70. The Balaban J connectivity index is 1.39. The number of carbonyl (C=O) groups is 1. The summed E-state index contributed by atoms with van der Waals surface area (Å²) in [7, 11) is -0.966. The van der Waals surface area contributed by atoms with E-state index in [9.17, 15) is 9.00 Å². The third kappa shape index (κ3) is 4.35. The Hall–Kier alpha value is -2.27. The van der Waals surface area contributed by atoms with Crippen LogP contribution in [0.25, 0.3) is 0 Å². The van der Waals surface area contributed by atoms with Gasteiger partial charge in [-0.2, -0.15) is 0 Å². The predicted octanol–water partition coefficient (Wildman–Crippen LogP) is 3.64. The lowest BCUT2D eigenvalue weighted by atomic mass is 9.70. The molecule has 1 aromatic heterocycles. The molecule has 1 amide bonds. The summed E-state index contributed by atoms with van der Waals surface area (Å²) in [5, 5.41) is 1.71. The van der Waals surface area contributed by atoms with E-state index in [-0.39, 0.29) is 11.9 Å². The number of carbonyl (C=O) groups excluding carboxylic acids is 1. The molecule has 1 aliphatic carbocycles. The van der Waals surface area contributed by atoms with Crippen molar-refractivity contribution >= 4 is 16.7 Å². The number of rotatable bonds is 6. The highest BCUT2D eigenvalue weighted by molar-refractivity contribution is 7.88. The van der Waals surface area contributed by atoms with Crippen molar-refractivity contribution in [3.63, 3.8) is 0 Å². The van der Waals surface area contributed by atoms with E-state index in [0.29, 0.717) is 30.6 Å². The number of nitrogens with zero attached hydrogens (tertiary/aromatic N) is 2. The second kappa shape index (κ2) is 8.17. The Morgan fingerprint density at radius 1 is 1.11 bits per heavy atom. The molecule has 2 aliphatic rings. The van der Waals surface area contributed by atoms with Crippen LogP contribution in [0.4, 0.5) is 0 Å². The van der Waals surface area contributed by atoms with Crippen LogP contribution in [0.15, 0.2) is 66.3 Å². The second-order valence-electron chi connectivity index (χ2n) is 7.47. The molecule has 0 spiro atoms. The van der Waals surface area contributed by atoms with Gasteiger partial charge < -0.3 is 4.90 Å². The molecule has 1 aliphatic heterocycles. The normalized spacial score (nSPS) is 26.5. The Morgan fingerprint density at radius 3 is 2.52 bits per heavy atom. The van der Waals surface area contributed by atoms with E-state index in [0.717, 1.165) is 18.4 Å². The van der Waals surface area contributed by atoms with Crippen LogP contribution in [-0.2, 0) is 22.1 Å². The fourth-order valence-corrected chi connectivity index (χ4v) is 5.09. The number of hydrogen-bond acceptors (Lipinski definition) is 3. The quantitative estimate of drug-likeness (QED) is 0.769. The van der Waals surface area contributed by atoms with Gasteiger partial charge in [-0.3, -0.25) is 14.0 Å². The lowest BCUT2D eigenvalue weighted by molar-refractivity contribution is -0.134. The molecule has 1 saturated carbocycles. The van der Waals surface area contributed by atoms with Gasteiger partial charge in [0, 0.05) is 41.6 Å². The molecular formula is C22H24N2O2S. The second-order valence-corrected chi connectivity index (χ2v) is 8.84. The van der Waals surface area contributed by atoms with Crippen LogP contribution in [0.3, 0.4) is 0 Å². The molecule has 2 aromatic rings. The van der Waals surface area contributed by atoms with E-state index in [1.54, 1.807) is 17.8 Å². The van der Waals surface area contributed by atoms with Crippen LogP contribution in [0.5, 0.6) is 0 Å². The molecular weight excluding hydrogens is 356 g/mol. The summed E-state index contributed by atoms with van der Waals surface area (Å²) in [6, 6.07) is 14.4. The number of aromatic nitrogens is 1. The Morgan fingerprint density at radius 2 is 1.85 bits per heavy atom. The maximum atomic E-state index is 13.1. The van der Waals surface area contributed by atoms with Crippen molar-refractivity contribution in [3.8, 4) is 0 Å². The van der Waals surface area contributed by atoms with E-state index in [1.165, 1.54) is 5.56 Å². The van der Waals surface area contributed by atoms with Crippen LogP contribution in [-0.4, -0.2) is 31.8 Å². The zero-order valence-electron chi connectivity index (χ0n) is 15.2. The van der Waals surface area contributed by atoms with Crippen molar-refractivity contribution in [2.45, 2.75) is 37.8 Å². The van der Waals surface area contributed by atoms with Crippen LogP contribution in [0, 0.1) is 5.92 Å². The smallest absolute Gasteiger partial charge is 0.223 e. The summed E-state index contributed by atoms with van der Waals surface area (Å²) < 4.78 is 11.8. The fourth-order valence-electron chi connectivity index (χ4n) is 3.99. The van der Waals surface area contributed by atoms with Gasteiger partial charge in [-0.1, -0.05) is 36.4 Å². The molecule has 4 rings (SSSR count). The largest absolute Gasteiger partial charge is 0.331 e. The zero-order valence-corrected chi connectivity index (χ0v) is 16.1. The minimum absolute atomic E-state index is 0.0727. The monoisotopic (exact) mass is 380 g/mol. The first-order chi connectivity index (χ1) is 13.2. The summed E-state index contributed by atoms with van der Waals surface area (Å²) in [5.41, 5.74) is 2.43. The molecule has 2 heterocycles. The number of amides is 1. The van der Waals surface area contributed by atoms with Crippen molar-refractivity contribution in [1.82, 2.24) is 9.88 Å². The van der Waals surface area contributed by atoms with E-state index in [2.05, 4.69) is 29.2 Å². The zero-order chi connectivity index (χ0) is 18.6. The first-order valence-corrected chi connectivity index (χ1v) is 10.9. The van der Waals surface area contributed by atoms with Crippen LogP contribution >= 0.6 is 0 Å². The van der Waals surface area contributed by atoms with Gasteiger partial charge in [-0.25, -0.2) is 0 Å². The SMILES string of the molecule is O=C(CC1CC(c2ccccc2)C1)N(Cc1ccncc1)C1C=CS(=O)C1. The lowest BCUT2D eigenvalue weighted by Crippen LogP contribution is -2.41. The Bertz CT molecular complexity index is 832. The van der Waals surface area contributed by atoms with Crippen LogP contribution in [0.2, 0.25) is 0 Å². The van der Waals surface area contributed by atoms with Gasteiger partial charge in [0.2, 0.25) is 5.91 Å². The first kappa shape index (κ1) is 18.1. The van der Waals surface area contributed by atoms with Crippen molar-refractivity contribution < 1.29 is 9.00 Å². The van der Waals surface area contributed by atoms with Crippen molar-refractivity contribution in [2.75, 3.05) is 5.75 Å². The Kier molecular flexibility index (Phi) is 5.48. The first-order valence-electron chi connectivity index (χ1n) is 9.48. The van der Waals surface area contributed by atoms with Gasteiger partial charge >= 0.3 is 0 Å². The molecule has 2 atom stereocenters. The third-order valence-corrected chi connectivity index (χ3v) is 6.71. The molecule has 1 aromatic carbocycles. The van der Waals surface area contributed by atoms with Gasteiger partial charge in [-0.05, 0) is 47.9 Å². The molecule has 1 fully saturated rings. The maximum absolute atomic E-state index is 13.1. The van der Waals surface area contributed by atoms with Crippen LogP contribution < -0.4 is 0 Å². The highest BCUT2D eigenvalue weighted by atomic mass is 32.2. The molecule has 0 N–H and O–H groups in total. The van der Waals surface area contributed by atoms with Gasteiger partial charge in [0.25, 0.3) is 0 Å². The van der Waals surface area contributed by atoms with E-state index in [1.807, 2.05) is 29.2 Å². The molecule has 140 valence electrons. The molecule has 4 nitrogen and oxygen atoms in total. The summed E-state index contributed by atoms with van der Waals surface area (Å²) >= 11 is 0. The van der Waals surface area contributed by atoms with Gasteiger partial charge in [0.05, 0.1) is 11.8 Å². The minimum Gasteiger partial charge on any atom is -0.331 e. The van der Waals surface area contributed by atoms with Crippen LogP contribution in [0.1, 0.15) is 36.3 Å². The van der Waals surface area contributed by atoms with E-state index in [4.69, 9.17) is 0 Å². The molecule has 5 heteroatoms.